The van der Waals surface area contributed by atoms with E-state index in [1.165, 1.54) is 6.42 Å². The van der Waals surface area contributed by atoms with Crippen molar-refractivity contribution < 1.29 is 4.52 Å². The van der Waals surface area contributed by atoms with E-state index in [1.807, 2.05) is 30.3 Å². The molecule has 1 saturated heterocycles. The van der Waals surface area contributed by atoms with E-state index in [-0.39, 0.29) is 0 Å². The van der Waals surface area contributed by atoms with Crippen LogP contribution in [0.2, 0.25) is 0 Å². The van der Waals surface area contributed by atoms with Crippen LogP contribution in [0.3, 0.4) is 0 Å². The highest BCUT2D eigenvalue weighted by Gasteiger charge is 2.27. The largest absolute Gasteiger partial charge is 0.338 e. The van der Waals surface area contributed by atoms with E-state index < -0.39 is 0 Å². The van der Waals surface area contributed by atoms with Crippen molar-refractivity contribution in [1.29, 1.82) is 0 Å². The van der Waals surface area contributed by atoms with Crippen LogP contribution in [0.25, 0.3) is 11.4 Å². The van der Waals surface area contributed by atoms with E-state index in [9.17, 15) is 0 Å². The van der Waals surface area contributed by atoms with Gasteiger partial charge in [-0.25, -0.2) is 0 Å². The van der Waals surface area contributed by atoms with E-state index in [4.69, 9.17) is 4.52 Å². The number of benzene rings is 1. The highest BCUT2D eigenvalue weighted by molar-refractivity contribution is 5.53. The minimum absolute atomic E-state index is 0.659. The van der Waals surface area contributed by atoms with Crippen LogP contribution in [0, 0.1) is 0 Å². The molecule has 0 unspecified atom stereocenters. The minimum Gasteiger partial charge on any atom is -0.338 e. The number of likely N-dealkylation sites (tertiary alicyclic amines) is 1. The highest BCUT2D eigenvalue weighted by Crippen LogP contribution is 2.19. The van der Waals surface area contributed by atoms with Gasteiger partial charge in [0.05, 0.1) is 6.54 Å². The van der Waals surface area contributed by atoms with Crippen molar-refractivity contribution in [3.63, 3.8) is 0 Å². The molecule has 0 spiro atoms. The fourth-order valence-corrected chi connectivity index (χ4v) is 3.21. The van der Waals surface area contributed by atoms with Crippen LogP contribution in [-0.2, 0) is 6.54 Å². The second-order valence-corrected chi connectivity index (χ2v) is 5.78. The summed E-state index contributed by atoms with van der Waals surface area (Å²) in [6, 6.07) is 10.6. The summed E-state index contributed by atoms with van der Waals surface area (Å²) in [5.74, 6) is 1.38. The zero-order valence-corrected chi connectivity index (χ0v) is 13.4. The van der Waals surface area contributed by atoms with Gasteiger partial charge in [0.1, 0.15) is 0 Å². The Bertz CT molecular complexity index is 579. The van der Waals surface area contributed by atoms with E-state index in [0.717, 1.165) is 38.3 Å². The van der Waals surface area contributed by atoms with Gasteiger partial charge in [-0.05, 0) is 19.5 Å². The van der Waals surface area contributed by atoms with Gasteiger partial charge >= 0.3 is 0 Å². The van der Waals surface area contributed by atoms with Gasteiger partial charge < -0.3 is 4.52 Å². The molecule has 22 heavy (non-hydrogen) atoms. The van der Waals surface area contributed by atoms with E-state index >= 15 is 0 Å². The van der Waals surface area contributed by atoms with Crippen molar-refractivity contribution in [3.05, 3.63) is 36.2 Å². The first-order valence-corrected chi connectivity index (χ1v) is 8.14. The number of hydrogen-bond donors (Lipinski definition) is 0. The molecule has 1 aliphatic rings. The Kier molecular flexibility index (Phi) is 4.85. The maximum absolute atomic E-state index is 5.41. The quantitative estimate of drug-likeness (QED) is 0.820. The molecule has 0 saturated carbocycles. The van der Waals surface area contributed by atoms with Crippen LogP contribution in [0.5, 0.6) is 0 Å². The average Bonchev–Trinajstić information content (AvgIpc) is 3.20. The zero-order valence-electron chi connectivity index (χ0n) is 13.4. The second kappa shape index (κ2) is 7.03. The SMILES string of the molecule is CCN(CC)[C@H]1CCN(Cc2nc(-c3ccccc3)no2)C1. The molecular weight excluding hydrogens is 276 g/mol. The monoisotopic (exact) mass is 300 g/mol. The van der Waals surface area contributed by atoms with Crippen LogP contribution in [0.4, 0.5) is 0 Å². The molecule has 5 nitrogen and oxygen atoms in total. The lowest BCUT2D eigenvalue weighted by Gasteiger charge is -2.25. The Labute approximate surface area is 131 Å². The van der Waals surface area contributed by atoms with Crippen molar-refractivity contribution in [1.82, 2.24) is 19.9 Å². The molecule has 2 aromatic rings. The third-order valence-corrected chi connectivity index (χ3v) is 4.44. The fourth-order valence-electron chi connectivity index (χ4n) is 3.21. The van der Waals surface area contributed by atoms with Crippen molar-refractivity contribution in [2.24, 2.45) is 0 Å². The summed E-state index contributed by atoms with van der Waals surface area (Å²) in [4.78, 5) is 9.46. The standard InChI is InChI=1S/C17H24N4O/c1-3-21(4-2)15-10-11-20(12-15)13-16-18-17(19-22-16)14-8-6-5-7-9-14/h5-9,15H,3-4,10-13H2,1-2H3/t15-/m0/s1. The molecule has 1 atom stereocenters. The summed E-state index contributed by atoms with van der Waals surface area (Å²) in [5.41, 5.74) is 1.000. The van der Waals surface area contributed by atoms with Crippen molar-refractivity contribution >= 4 is 0 Å². The molecule has 3 rings (SSSR count). The second-order valence-electron chi connectivity index (χ2n) is 5.78. The lowest BCUT2D eigenvalue weighted by Crippen LogP contribution is -2.37. The third-order valence-electron chi connectivity index (χ3n) is 4.44. The molecule has 0 radical (unpaired) electrons. The number of likely N-dealkylation sites (N-methyl/N-ethyl adjacent to an activating group) is 1. The Morgan fingerprint density at radius 1 is 1.23 bits per heavy atom. The Hall–Kier alpha value is -1.72. The summed E-state index contributed by atoms with van der Waals surface area (Å²) in [5, 5.41) is 4.09. The molecule has 1 fully saturated rings. The molecule has 0 N–H and O–H groups in total. The van der Waals surface area contributed by atoms with Crippen LogP contribution >= 0.6 is 0 Å². The van der Waals surface area contributed by atoms with E-state index in [0.29, 0.717) is 17.8 Å². The summed E-state index contributed by atoms with van der Waals surface area (Å²) in [6.07, 6.45) is 1.22. The smallest absolute Gasteiger partial charge is 0.241 e. The molecule has 5 heteroatoms. The molecular formula is C17H24N4O. The first kappa shape index (κ1) is 15.2. The van der Waals surface area contributed by atoms with Gasteiger partial charge in [0, 0.05) is 24.7 Å². The van der Waals surface area contributed by atoms with E-state index in [2.05, 4.69) is 33.8 Å². The molecule has 1 aromatic carbocycles. The maximum Gasteiger partial charge on any atom is 0.241 e. The van der Waals surface area contributed by atoms with Crippen molar-refractivity contribution in [2.75, 3.05) is 26.2 Å². The lowest BCUT2D eigenvalue weighted by molar-refractivity contribution is 0.201. The van der Waals surface area contributed by atoms with Crippen molar-refractivity contribution in [3.8, 4) is 11.4 Å². The molecule has 2 heterocycles. The van der Waals surface area contributed by atoms with Crippen LogP contribution < -0.4 is 0 Å². The first-order valence-electron chi connectivity index (χ1n) is 8.14. The van der Waals surface area contributed by atoms with Crippen LogP contribution in [-0.4, -0.2) is 52.2 Å². The molecule has 0 bridgehead atoms. The molecule has 0 amide bonds. The van der Waals surface area contributed by atoms with Gasteiger partial charge in [-0.15, -0.1) is 0 Å². The van der Waals surface area contributed by atoms with Gasteiger partial charge in [-0.3, -0.25) is 9.80 Å². The number of aromatic nitrogens is 2. The predicted octanol–water partition coefficient (Wildman–Crippen LogP) is 2.65. The lowest BCUT2D eigenvalue weighted by atomic mass is 10.2. The van der Waals surface area contributed by atoms with Gasteiger partial charge in [0.15, 0.2) is 0 Å². The average molecular weight is 300 g/mol. The third kappa shape index (κ3) is 3.36. The normalized spacial score (nSPS) is 19.1. The molecule has 1 aliphatic heterocycles. The fraction of sp³-hybridized carbons (Fsp3) is 0.529. The number of nitrogens with zero attached hydrogens (tertiary/aromatic N) is 4. The minimum atomic E-state index is 0.659. The predicted molar refractivity (Wildman–Crippen MR) is 86.3 cm³/mol. The van der Waals surface area contributed by atoms with Crippen molar-refractivity contribution in [2.45, 2.75) is 32.9 Å². The maximum atomic E-state index is 5.41. The topological polar surface area (TPSA) is 45.4 Å². The van der Waals surface area contributed by atoms with Crippen LogP contribution in [0.15, 0.2) is 34.9 Å². The molecule has 0 aliphatic carbocycles. The summed E-state index contributed by atoms with van der Waals surface area (Å²) < 4.78 is 5.41. The van der Waals surface area contributed by atoms with Gasteiger partial charge in [0.25, 0.3) is 0 Å². The molecule has 118 valence electrons. The zero-order chi connectivity index (χ0) is 15.4. The van der Waals surface area contributed by atoms with Gasteiger partial charge in [-0.1, -0.05) is 49.3 Å². The number of hydrogen-bond acceptors (Lipinski definition) is 5. The Morgan fingerprint density at radius 2 is 2.00 bits per heavy atom. The molecule has 1 aromatic heterocycles. The van der Waals surface area contributed by atoms with Gasteiger partial charge in [-0.2, -0.15) is 4.98 Å². The number of rotatable bonds is 6. The van der Waals surface area contributed by atoms with E-state index in [1.54, 1.807) is 0 Å². The summed E-state index contributed by atoms with van der Waals surface area (Å²) >= 11 is 0. The van der Waals surface area contributed by atoms with Crippen LogP contribution in [0.1, 0.15) is 26.2 Å². The summed E-state index contributed by atoms with van der Waals surface area (Å²) in [7, 11) is 0. The van der Waals surface area contributed by atoms with Gasteiger partial charge in [0.2, 0.25) is 11.7 Å². The highest BCUT2D eigenvalue weighted by atomic mass is 16.5. The summed E-state index contributed by atoms with van der Waals surface area (Å²) in [6.45, 7) is 9.64. The Morgan fingerprint density at radius 3 is 2.73 bits per heavy atom. The first-order chi connectivity index (χ1) is 10.8. The Balaban J connectivity index is 1.60.